The van der Waals surface area contributed by atoms with Crippen molar-refractivity contribution in [3.8, 4) is 0 Å². The first kappa shape index (κ1) is 23.4. The van der Waals surface area contributed by atoms with E-state index >= 15 is 0 Å². The summed E-state index contributed by atoms with van der Waals surface area (Å²) in [7, 11) is -2.03. The Labute approximate surface area is 163 Å². The van der Waals surface area contributed by atoms with Crippen molar-refractivity contribution in [2.24, 2.45) is 16.6 Å². The number of nitrogens with zero attached hydrogens (tertiary/aromatic N) is 1. The van der Waals surface area contributed by atoms with E-state index < -0.39 is 10.0 Å². The molecule has 1 rings (SSSR count). The largest absolute Gasteiger partial charge is 0.383 e. The van der Waals surface area contributed by atoms with Crippen molar-refractivity contribution in [2.45, 2.75) is 57.5 Å². The summed E-state index contributed by atoms with van der Waals surface area (Å²) in [5.41, 5.74) is 6.73. The number of rotatable bonds is 12. The number of hydrogen-bond acceptors (Lipinski definition) is 4. The van der Waals surface area contributed by atoms with Gasteiger partial charge in [0.2, 0.25) is 10.0 Å². The lowest BCUT2D eigenvalue weighted by molar-refractivity contribution is 0.204. The summed E-state index contributed by atoms with van der Waals surface area (Å²) in [5, 5.41) is 3.19. The number of hydrogen-bond donors (Lipinski definition) is 3. The highest BCUT2D eigenvalue weighted by molar-refractivity contribution is 7.89. The van der Waals surface area contributed by atoms with Crippen LogP contribution in [0.4, 0.5) is 0 Å². The molecule has 0 aliphatic carbocycles. The van der Waals surface area contributed by atoms with Crippen LogP contribution in [0.15, 0.2) is 34.2 Å². The molecule has 0 saturated heterocycles. The molecule has 1 aromatic rings. The fraction of sp³-hybridized carbons (Fsp3) is 0.632. The second-order valence-corrected chi connectivity index (χ2v) is 8.88. The number of benzene rings is 1. The Kier molecular flexibility index (Phi) is 10.4. The zero-order chi connectivity index (χ0) is 20.3. The molecule has 0 aliphatic heterocycles. The van der Waals surface area contributed by atoms with Gasteiger partial charge in [-0.3, -0.25) is 0 Å². The third-order valence-corrected chi connectivity index (χ3v) is 5.51. The topological polar surface area (TPSA) is 106 Å². The normalized spacial score (nSPS) is 13.7. The van der Waals surface area contributed by atoms with Crippen molar-refractivity contribution < 1.29 is 13.2 Å². The average molecular weight is 399 g/mol. The number of sulfonamides is 1. The Morgan fingerprint density at radius 2 is 2.00 bits per heavy atom. The molecule has 1 atom stereocenters. The fourth-order valence-corrected chi connectivity index (χ4v) is 3.63. The molecule has 8 heteroatoms. The van der Waals surface area contributed by atoms with E-state index in [0.717, 1.165) is 18.4 Å². The molecule has 0 aliphatic rings. The van der Waals surface area contributed by atoms with Crippen LogP contribution in [0.5, 0.6) is 0 Å². The summed E-state index contributed by atoms with van der Waals surface area (Å²) in [4.78, 5) is 4.53. The molecule has 0 saturated carbocycles. The Hall–Kier alpha value is -1.64. The van der Waals surface area contributed by atoms with Crippen molar-refractivity contribution in [3.05, 3.63) is 29.8 Å². The second kappa shape index (κ2) is 11.9. The smallest absolute Gasteiger partial charge is 0.240 e. The van der Waals surface area contributed by atoms with Gasteiger partial charge in [0.05, 0.1) is 18.0 Å². The molecule has 0 aromatic heterocycles. The van der Waals surface area contributed by atoms with Crippen LogP contribution in [0.2, 0.25) is 0 Å². The zero-order valence-corrected chi connectivity index (χ0v) is 17.7. The van der Waals surface area contributed by atoms with Crippen molar-refractivity contribution >= 4 is 16.0 Å². The summed E-state index contributed by atoms with van der Waals surface area (Å²) in [5.74, 6) is 1.08. The molecule has 0 fully saturated rings. The number of ether oxygens (including phenoxy) is 1. The monoisotopic (exact) mass is 398 g/mol. The van der Waals surface area contributed by atoms with E-state index in [0.29, 0.717) is 25.0 Å². The minimum absolute atomic E-state index is 0.208. The van der Waals surface area contributed by atoms with Crippen molar-refractivity contribution in [2.75, 3.05) is 20.3 Å². The maximum Gasteiger partial charge on any atom is 0.240 e. The van der Waals surface area contributed by atoms with Crippen molar-refractivity contribution in [3.63, 3.8) is 0 Å². The molecule has 27 heavy (non-hydrogen) atoms. The van der Waals surface area contributed by atoms with Gasteiger partial charge in [0.15, 0.2) is 5.96 Å². The van der Waals surface area contributed by atoms with Crippen LogP contribution < -0.4 is 15.8 Å². The Morgan fingerprint density at radius 1 is 1.26 bits per heavy atom. The van der Waals surface area contributed by atoms with Gasteiger partial charge in [-0.2, -0.15) is 0 Å². The lowest BCUT2D eigenvalue weighted by Crippen LogP contribution is -2.38. The Bertz CT molecular complexity index is 690. The molecule has 0 bridgehead atoms. The van der Waals surface area contributed by atoms with E-state index in [1.54, 1.807) is 18.2 Å². The minimum Gasteiger partial charge on any atom is -0.383 e. The van der Waals surface area contributed by atoms with Gasteiger partial charge in [0.1, 0.15) is 0 Å². The quantitative estimate of drug-likeness (QED) is 0.284. The number of guanidine groups is 1. The highest BCUT2D eigenvalue weighted by Crippen LogP contribution is 2.12. The molecule has 0 spiro atoms. The lowest BCUT2D eigenvalue weighted by atomic mass is 10.0. The van der Waals surface area contributed by atoms with Crippen molar-refractivity contribution in [1.29, 1.82) is 0 Å². The highest BCUT2D eigenvalue weighted by Gasteiger charge is 2.13. The van der Waals surface area contributed by atoms with Crippen LogP contribution in [-0.4, -0.2) is 40.7 Å². The van der Waals surface area contributed by atoms with E-state index in [2.05, 4.69) is 35.8 Å². The summed E-state index contributed by atoms with van der Waals surface area (Å²) < 4.78 is 31.9. The molecule has 0 amide bonds. The van der Waals surface area contributed by atoms with Gasteiger partial charge >= 0.3 is 0 Å². The van der Waals surface area contributed by atoms with Crippen LogP contribution in [0.3, 0.4) is 0 Å². The summed E-state index contributed by atoms with van der Waals surface area (Å²) in [6, 6.07) is 6.95. The van der Waals surface area contributed by atoms with Crippen molar-refractivity contribution in [1.82, 2.24) is 10.0 Å². The maximum atomic E-state index is 12.3. The van der Waals surface area contributed by atoms with Gasteiger partial charge in [0.25, 0.3) is 0 Å². The molecule has 4 N–H and O–H groups in total. The van der Waals surface area contributed by atoms with E-state index in [1.807, 2.05) is 6.07 Å². The van der Waals surface area contributed by atoms with Gasteiger partial charge in [0, 0.05) is 19.7 Å². The third-order valence-electron chi connectivity index (χ3n) is 4.05. The number of nitrogens with two attached hydrogens (primary N) is 1. The first-order valence-electron chi connectivity index (χ1n) is 9.38. The maximum absolute atomic E-state index is 12.3. The lowest BCUT2D eigenvalue weighted by Gasteiger charge is -2.15. The van der Waals surface area contributed by atoms with Gasteiger partial charge in [-0.15, -0.1) is 0 Å². The predicted molar refractivity (Wildman–Crippen MR) is 110 cm³/mol. The van der Waals surface area contributed by atoms with Gasteiger partial charge in [-0.1, -0.05) is 38.8 Å². The van der Waals surface area contributed by atoms with E-state index in [9.17, 15) is 8.42 Å². The molecule has 1 aromatic carbocycles. The fourth-order valence-electron chi connectivity index (χ4n) is 2.55. The van der Waals surface area contributed by atoms with Crippen LogP contribution in [-0.2, 0) is 21.3 Å². The molecule has 154 valence electrons. The van der Waals surface area contributed by atoms with Crippen LogP contribution >= 0.6 is 0 Å². The highest BCUT2D eigenvalue weighted by atomic mass is 32.2. The number of nitrogens with one attached hydrogen (secondary N) is 2. The van der Waals surface area contributed by atoms with Gasteiger partial charge in [-0.25, -0.2) is 18.1 Å². The molecule has 0 radical (unpaired) electrons. The van der Waals surface area contributed by atoms with E-state index in [1.165, 1.54) is 13.5 Å². The summed E-state index contributed by atoms with van der Waals surface area (Å²) in [6.07, 6.45) is 3.38. The Balaban J connectivity index is 2.59. The average Bonchev–Trinajstić information content (AvgIpc) is 2.60. The summed E-state index contributed by atoms with van der Waals surface area (Å²) in [6.45, 7) is 7.39. The van der Waals surface area contributed by atoms with E-state index in [4.69, 9.17) is 10.5 Å². The molecular formula is C19H34N4O3S. The summed E-state index contributed by atoms with van der Waals surface area (Å²) >= 11 is 0. The van der Waals surface area contributed by atoms with E-state index in [-0.39, 0.29) is 17.5 Å². The van der Waals surface area contributed by atoms with Crippen LogP contribution in [0.25, 0.3) is 0 Å². The third kappa shape index (κ3) is 9.74. The number of methoxy groups -OCH3 is 1. The van der Waals surface area contributed by atoms with Crippen LogP contribution in [0.1, 0.15) is 45.6 Å². The molecule has 7 nitrogen and oxygen atoms in total. The first-order chi connectivity index (χ1) is 12.7. The van der Waals surface area contributed by atoms with Gasteiger partial charge in [-0.05, 0) is 37.0 Å². The SMILES string of the molecule is COCCNS(=O)(=O)c1cccc(CN=C(N)NC(C)CCCC(C)C)c1. The van der Waals surface area contributed by atoms with Crippen LogP contribution in [0, 0.1) is 5.92 Å². The van der Waals surface area contributed by atoms with Gasteiger partial charge < -0.3 is 15.8 Å². The zero-order valence-electron chi connectivity index (χ0n) is 16.9. The molecule has 0 heterocycles. The minimum atomic E-state index is -3.56. The number of aliphatic imine (C=N–C) groups is 1. The molecular weight excluding hydrogens is 364 g/mol. The first-order valence-corrected chi connectivity index (χ1v) is 10.9. The predicted octanol–water partition coefficient (Wildman–Crippen LogP) is 2.23. The second-order valence-electron chi connectivity index (χ2n) is 7.11. The standard InChI is InChI=1S/C19H34N4O3S/c1-15(2)7-5-8-16(3)23-19(20)21-14-17-9-6-10-18(13-17)27(24,25)22-11-12-26-4/h6,9-10,13,15-16,22H,5,7-8,11-12,14H2,1-4H3,(H3,20,21,23). The Morgan fingerprint density at radius 3 is 2.67 bits per heavy atom. The molecule has 1 unspecified atom stereocenters.